The molecule has 4 aliphatic carbocycles. The summed E-state index contributed by atoms with van der Waals surface area (Å²) in [4.78, 5) is 15.2. The van der Waals surface area contributed by atoms with Gasteiger partial charge in [0.25, 0.3) is 0 Å². The molecule has 1 aromatic heterocycles. The quantitative estimate of drug-likeness (QED) is 0.732. The van der Waals surface area contributed by atoms with E-state index in [4.69, 9.17) is 0 Å². The van der Waals surface area contributed by atoms with Gasteiger partial charge in [-0.2, -0.15) is 18.4 Å². The van der Waals surface area contributed by atoms with E-state index in [0.717, 1.165) is 44.6 Å². The van der Waals surface area contributed by atoms with E-state index in [1.165, 1.54) is 0 Å². The standard InChI is InChI=1S/C19H19F3N2O2S/c20-19(21,22)14-4-15(24-17(13(14)8-23)27-9-16(25)26)18-5-10-1-11(6-18)3-12(2-10)7-18/h4,10-12H,1-3,5-7,9H2,(H,25,26)/p-1. The molecule has 0 unspecified atom stereocenters. The number of nitrogens with zero attached hydrogens (tertiary/aromatic N) is 2. The lowest BCUT2D eigenvalue weighted by Gasteiger charge is -2.56. The second kappa shape index (κ2) is 6.40. The minimum absolute atomic E-state index is 0.151. The van der Waals surface area contributed by atoms with Gasteiger partial charge in [-0.05, 0) is 62.3 Å². The Morgan fingerprint density at radius 3 is 2.26 bits per heavy atom. The van der Waals surface area contributed by atoms with Gasteiger partial charge in [-0.3, -0.25) is 0 Å². The highest BCUT2D eigenvalue weighted by molar-refractivity contribution is 7.99. The van der Waals surface area contributed by atoms with E-state index in [0.29, 0.717) is 35.2 Å². The molecule has 1 aromatic rings. The van der Waals surface area contributed by atoms with Crippen LogP contribution in [0, 0.1) is 29.1 Å². The van der Waals surface area contributed by atoms with Gasteiger partial charge in [0.1, 0.15) is 11.1 Å². The minimum Gasteiger partial charge on any atom is -0.549 e. The molecular formula is C19H18F3N2O2S-. The Bertz CT molecular complexity index is 796. The number of nitriles is 1. The molecular weight excluding hydrogens is 377 g/mol. The number of carboxylic acids is 1. The van der Waals surface area contributed by atoms with E-state index in [1.54, 1.807) is 6.07 Å². The topological polar surface area (TPSA) is 76.8 Å². The predicted octanol–water partition coefficient (Wildman–Crippen LogP) is 3.28. The molecule has 0 saturated heterocycles. The predicted molar refractivity (Wildman–Crippen MR) is 89.5 cm³/mol. The molecule has 0 N–H and O–H groups in total. The zero-order chi connectivity index (χ0) is 19.4. The summed E-state index contributed by atoms with van der Waals surface area (Å²) in [6.07, 6.45) is 1.25. The maximum Gasteiger partial charge on any atom is 0.417 e. The molecule has 0 amide bonds. The van der Waals surface area contributed by atoms with E-state index >= 15 is 0 Å². The fourth-order valence-electron chi connectivity index (χ4n) is 5.78. The number of carbonyl (C=O) groups is 1. The molecule has 0 radical (unpaired) electrons. The first-order valence-electron chi connectivity index (χ1n) is 9.05. The van der Waals surface area contributed by atoms with Gasteiger partial charge in [0.2, 0.25) is 0 Å². The average molecular weight is 395 g/mol. The Morgan fingerprint density at radius 2 is 1.81 bits per heavy atom. The highest BCUT2D eigenvalue weighted by Crippen LogP contribution is 2.60. The van der Waals surface area contributed by atoms with Crippen molar-refractivity contribution in [2.75, 3.05) is 5.75 Å². The van der Waals surface area contributed by atoms with Crippen molar-refractivity contribution in [1.29, 1.82) is 5.26 Å². The summed E-state index contributed by atoms with van der Waals surface area (Å²) >= 11 is 0.633. The number of rotatable bonds is 4. The van der Waals surface area contributed by atoms with Crippen molar-refractivity contribution < 1.29 is 23.1 Å². The van der Waals surface area contributed by atoms with Gasteiger partial charge in [0.05, 0.1) is 17.1 Å². The molecule has 0 spiro atoms. The Balaban J connectivity index is 1.82. The lowest BCUT2D eigenvalue weighted by atomic mass is 9.48. The maximum atomic E-state index is 13.6. The summed E-state index contributed by atoms with van der Waals surface area (Å²) in [5.41, 5.74) is -1.60. The summed E-state index contributed by atoms with van der Waals surface area (Å²) in [5, 5.41) is 19.9. The summed E-state index contributed by atoms with van der Waals surface area (Å²) in [7, 11) is 0. The van der Waals surface area contributed by atoms with E-state index in [2.05, 4.69) is 4.98 Å². The van der Waals surface area contributed by atoms with Crippen LogP contribution in [0.1, 0.15) is 55.3 Å². The van der Waals surface area contributed by atoms with Gasteiger partial charge in [0.15, 0.2) is 0 Å². The summed E-state index contributed by atoms with van der Waals surface area (Å²) in [6.45, 7) is 0. The maximum absolute atomic E-state index is 13.6. The largest absolute Gasteiger partial charge is 0.549 e. The van der Waals surface area contributed by atoms with Crippen molar-refractivity contribution in [3.05, 3.63) is 22.9 Å². The van der Waals surface area contributed by atoms with Crippen LogP contribution in [0.15, 0.2) is 11.1 Å². The van der Waals surface area contributed by atoms with Crippen LogP contribution in [0.25, 0.3) is 0 Å². The third kappa shape index (κ3) is 3.31. The van der Waals surface area contributed by atoms with Crippen LogP contribution < -0.4 is 5.11 Å². The number of thioether (sulfide) groups is 1. The van der Waals surface area contributed by atoms with Crippen molar-refractivity contribution in [2.24, 2.45) is 17.8 Å². The first-order valence-corrected chi connectivity index (χ1v) is 10.0. The number of alkyl halides is 3. The SMILES string of the molecule is N#Cc1c(C(F)(F)F)cc(C23CC4CC(CC(C4)C2)C3)nc1SCC(=O)[O-]. The van der Waals surface area contributed by atoms with Gasteiger partial charge in [-0.25, -0.2) is 4.98 Å². The number of aliphatic carboxylic acids is 1. The molecule has 1 heterocycles. The van der Waals surface area contributed by atoms with Crippen molar-refractivity contribution in [3.8, 4) is 6.07 Å². The molecule has 5 rings (SSSR count). The lowest BCUT2D eigenvalue weighted by Crippen LogP contribution is -2.49. The van der Waals surface area contributed by atoms with Crippen molar-refractivity contribution >= 4 is 17.7 Å². The van der Waals surface area contributed by atoms with Gasteiger partial charge >= 0.3 is 6.18 Å². The smallest absolute Gasteiger partial charge is 0.417 e. The summed E-state index contributed by atoms with van der Waals surface area (Å²) in [5.74, 6) is -0.352. The van der Waals surface area contributed by atoms with Crippen molar-refractivity contribution in [2.45, 2.75) is 55.1 Å². The third-order valence-electron chi connectivity index (χ3n) is 6.31. The zero-order valence-electron chi connectivity index (χ0n) is 14.5. The van der Waals surface area contributed by atoms with Gasteiger partial charge in [-0.1, -0.05) is 11.8 Å². The molecule has 0 aliphatic heterocycles. The number of hydrogen-bond donors (Lipinski definition) is 0. The van der Waals surface area contributed by atoms with Crippen LogP contribution in [0.2, 0.25) is 0 Å². The highest BCUT2D eigenvalue weighted by atomic mass is 32.2. The molecule has 0 aromatic carbocycles. The van der Waals surface area contributed by atoms with Gasteiger partial charge < -0.3 is 9.90 Å². The average Bonchev–Trinajstić information content (AvgIpc) is 2.57. The second-order valence-corrected chi connectivity index (χ2v) is 9.17. The number of carboxylic acid groups (broad SMARTS) is 1. The summed E-state index contributed by atoms with van der Waals surface area (Å²) < 4.78 is 40.9. The number of aromatic nitrogens is 1. The Morgan fingerprint density at radius 1 is 1.26 bits per heavy atom. The number of pyridine rings is 1. The van der Waals surface area contributed by atoms with Crippen LogP contribution >= 0.6 is 11.8 Å². The highest BCUT2D eigenvalue weighted by Gasteiger charge is 2.53. The van der Waals surface area contributed by atoms with Crippen molar-refractivity contribution in [3.63, 3.8) is 0 Å². The number of carbonyl (C=O) groups excluding carboxylic acids is 1. The van der Waals surface area contributed by atoms with E-state index in [1.807, 2.05) is 0 Å². The molecule has 4 bridgehead atoms. The molecule has 4 aliphatic rings. The first kappa shape index (κ1) is 18.6. The Kier molecular flexibility index (Phi) is 4.41. The number of halogens is 3. The van der Waals surface area contributed by atoms with Gasteiger partial charge in [-0.15, -0.1) is 0 Å². The fourth-order valence-corrected chi connectivity index (χ4v) is 6.50. The Labute approximate surface area is 159 Å². The zero-order valence-corrected chi connectivity index (χ0v) is 15.3. The fraction of sp³-hybridized carbons (Fsp3) is 0.632. The minimum atomic E-state index is -4.69. The molecule has 4 saturated carbocycles. The molecule has 27 heavy (non-hydrogen) atoms. The first-order chi connectivity index (χ1) is 12.7. The molecule has 0 atom stereocenters. The Hall–Kier alpha value is -1.75. The van der Waals surface area contributed by atoms with Crippen LogP contribution in [-0.4, -0.2) is 16.7 Å². The van der Waals surface area contributed by atoms with Crippen LogP contribution in [0.4, 0.5) is 13.2 Å². The number of hydrogen-bond acceptors (Lipinski definition) is 5. The van der Waals surface area contributed by atoms with E-state index < -0.39 is 29.0 Å². The van der Waals surface area contributed by atoms with Crippen LogP contribution in [-0.2, 0) is 16.4 Å². The molecule has 4 nitrogen and oxygen atoms in total. The normalized spacial score (nSPS) is 31.7. The monoisotopic (exact) mass is 395 g/mol. The lowest BCUT2D eigenvalue weighted by molar-refractivity contribution is -0.301. The van der Waals surface area contributed by atoms with Crippen molar-refractivity contribution in [1.82, 2.24) is 4.98 Å². The molecule has 4 fully saturated rings. The van der Waals surface area contributed by atoms with E-state index in [9.17, 15) is 28.3 Å². The second-order valence-electron chi connectivity index (χ2n) is 8.20. The van der Waals surface area contributed by atoms with Crippen LogP contribution in [0.3, 0.4) is 0 Å². The van der Waals surface area contributed by atoms with Gasteiger partial charge in [0, 0.05) is 16.9 Å². The summed E-state index contributed by atoms with van der Waals surface area (Å²) in [6, 6.07) is 2.63. The van der Waals surface area contributed by atoms with Crippen LogP contribution in [0.5, 0.6) is 0 Å². The van der Waals surface area contributed by atoms with E-state index in [-0.39, 0.29) is 10.4 Å². The third-order valence-corrected chi connectivity index (χ3v) is 7.26. The molecule has 144 valence electrons. The molecule has 8 heteroatoms.